The first-order chi connectivity index (χ1) is 10.4. The highest BCUT2D eigenvalue weighted by atomic mass is 16.7. The van der Waals surface area contributed by atoms with Crippen molar-refractivity contribution in [2.24, 2.45) is 11.8 Å². The summed E-state index contributed by atoms with van der Waals surface area (Å²) in [4.78, 5) is 0. The Hall–Kier alpha value is -1.12. The minimum Gasteiger partial charge on any atom is -0.352 e. The van der Waals surface area contributed by atoms with E-state index in [1.807, 2.05) is 6.08 Å². The summed E-state index contributed by atoms with van der Waals surface area (Å²) in [7, 11) is 0. The lowest BCUT2D eigenvalue weighted by molar-refractivity contribution is -0.228. The summed E-state index contributed by atoms with van der Waals surface area (Å²) < 4.78 is 11.9. The van der Waals surface area contributed by atoms with Gasteiger partial charge in [-0.1, -0.05) is 36.4 Å². The lowest BCUT2D eigenvalue weighted by atomic mass is 9.78. The third kappa shape index (κ3) is 3.75. The third-order valence-corrected chi connectivity index (χ3v) is 4.92. The zero-order valence-electron chi connectivity index (χ0n) is 12.7. The molecule has 114 valence electrons. The van der Waals surface area contributed by atoms with E-state index in [9.17, 15) is 0 Å². The van der Waals surface area contributed by atoms with Crippen molar-refractivity contribution in [2.45, 2.75) is 44.3 Å². The van der Waals surface area contributed by atoms with Crippen LogP contribution in [0.2, 0.25) is 0 Å². The maximum absolute atomic E-state index is 5.95. The van der Waals surface area contributed by atoms with Gasteiger partial charge in [0.2, 0.25) is 0 Å². The molecule has 1 aromatic rings. The molecule has 0 radical (unpaired) electrons. The molecule has 21 heavy (non-hydrogen) atoms. The van der Waals surface area contributed by atoms with Crippen LogP contribution < -0.4 is 0 Å². The molecule has 1 saturated carbocycles. The number of allylic oxidation sites excluding steroid dienone is 1. The number of ether oxygens (including phenoxy) is 2. The van der Waals surface area contributed by atoms with Crippen molar-refractivity contribution in [1.82, 2.24) is 0 Å². The van der Waals surface area contributed by atoms with Gasteiger partial charge in [-0.2, -0.15) is 0 Å². The monoisotopic (exact) mass is 286 g/mol. The average molecular weight is 286 g/mol. The van der Waals surface area contributed by atoms with Crippen LogP contribution in [0.5, 0.6) is 0 Å². The second-order valence-corrected chi connectivity index (χ2v) is 6.45. The van der Waals surface area contributed by atoms with Crippen LogP contribution >= 0.6 is 0 Å². The van der Waals surface area contributed by atoms with Crippen LogP contribution in [-0.2, 0) is 9.47 Å². The van der Waals surface area contributed by atoms with Crippen LogP contribution in [0.3, 0.4) is 0 Å². The molecule has 0 N–H and O–H groups in total. The largest absolute Gasteiger partial charge is 0.352 e. The van der Waals surface area contributed by atoms with E-state index in [-0.39, 0.29) is 6.29 Å². The fourth-order valence-electron chi connectivity index (χ4n) is 3.65. The zero-order valence-corrected chi connectivity index (χ0v) is 12.7. The smallest absolute Gasteiger partial charge is 0.160 e. The van der Waals surface area contributed by atoms with E-state index in [0.717, 1.165) is 25.6 Å². The molecule has 3 rings (SSSR count). The van der Waals surface area contributed by atoms with Crippen LogP contribution in [0.25, 0.3) is 0 Å². The van der Waals surface area contributed by atoms with Crippen molar-refractivity contribution in [2.75, 3.05) is 13.2 Å². The van der Waals surface area contributed by atoms with Crippen LogP contribution in [0.4, 0.5) is 0 Å². The first-order valence-corrected chi connectivity index (χ1v) is 8.26. The first-order valence-electron chi connectivity index (χ1n) is 8.26. The molecular formula is C19H26O2. The highest BCUT2D eigenvalue weighted by molar-refractivity contribution is 5.19. The van der Waals surface area contributed by atoms with Gasteiger partial charge in [0, 0.05) is 11.8 Å². The summed E-state index contributed by atoms with van der Waals surface area (Å²) in [5.41, 5.74) is 1.49. The molecule has 0 atom stereocenters. The van der Waals surface area contributed by atoms with Crippen molar-refractivity contribution < 1.29 is 9.47 Å². The Balaban J connectivity index is 1.47. The number of hydrogen-bond donors (Lipinski definition) is 0. The Morgan fingerprint density at radius 2 is 1.67 bits per heavy atom. The molecule has 2 heteroatoms. The Labute approximate surface area is 128 Å². The molecule has 2 fully saturated rings. The molecule has 0 spiro atoms. The topological polar surface area (TPSA) is 18.5 Å². The summed E-state index contributed by atoms with van der Waals surface area (Å²) >= 11 is 0. The zero-order chi connectivity index (χ0) is 14.5. The molecular weight excluding hydrogens is 260 g/mol. The SMILES string of the molecule is C=CCC1COC(C2CCC(c3ccccc3)CC2)OC1. The maximum atomic E-state index is 5.95. The molecule has 1 heterocycles. The highest BCUT2D eigenvalue weighted by Gasteiger charge is 2.32. The standard InChI is InChI=1S/C19H26O2/c1-2-6-15-13-20-19(21-14-15)18-11-9-17(10-12-18)16-7-4-3-5-8-16/h2-5,7-8,15,17-19H,1,6,9-14H2. The molecule has 2 nitrogen and oxygen atoms in total. The van der Waals surface area contributed by atoms with E-state index in [1.165, 1.54) is 31.2 Å². The van der Waals surface area contributed by atoms with Crippen LogP contribution in [0, 0.1) is 11.8 Å². The van der Waals surface area contributed by atoms with E-state index < -0.39 is 0 Å². The van der Waals surface area contributed by atoms with Gasteiger partial charge in [-0.3, -0.25) is 0 Å². The molecule has 0 bridgehead atoms. The molecule has 1 aromatic carbocycles. The van der Waals surface area contributed by atoms with Gasteiger partial charge in [-0.15, -0.1) is 6.58 Å². The first kappa shape index (κ1) is 14.8. The number of rotatable bonds is 4. The van der Waals surface area contributed by atoms with E-state index >= 15 is 0 Å². The lowest BCUT2D eigenvalue weighted by Crippen LogP contribution is -2.38. The van der Waals surface area contributed by atoms with Gasteiger partial charge in [0.25, 0.3) is 0 Å². The third-order valence-electron chi connectivity index (χ3n) is 4.92. The van der Waals surface area contributed by atoms with Gasteiger partial charge in [-0.05, 0) is 43.6 Å². The summed E-state index contributed by atoms with van der Waals surface area (Å²) in [6, 6.07) is 10.9. The Morgan fingerprint density at radius 1 is 1.00 bits per heavy atom. The molecule has 2 aliphatic rings. The van der Waals surface area contributed by atoms with E-state index in [2.05, 4.69) is 36.9 Å². The molecule has 1 aliphatic heterocycles. The summed E-state index contributed by atoms with van der Waals surface area (Å²) in [5, 5.41) is 0. The maximum Gasteiger partial charge on any atom is 0.160 e. The fourth-order valence-corrected chi connectivity index (χ4v) is 3.65. The summed E-state index contributed by atoms with van der Waals surface area (Å²) in [6.45, 7) is 5.45. The molecule has 0 unspecified atom stereocenters. The van der Waals surface area contributed by atoms with Gasteiger partial charge in [0.1, 0.15) is 0 Å². The van der Waals surface area contributed by atoms with E-state index in [1.54, 1.807) is 0 Å². The minimum atomic E-state index is 0.0304. The second-order valence-electron chi connectivity index (χ2n) is 6.45. The average Bonchev–Trinajstić information content (AvgIpc) is 2.57. The van der Waals surface area contributed by atoms with Gasteiger partial charge in [-0.25, -0.2) is 0 Å². The number of benzene rings is 1. The highest BCUT2D eigenvalue weighted by Crippen LogP contribution is 2.38. The van der Waals surface area contributed by atoms with Crippen molar-refractivity contribution in [3.8, 4) is 0 Å². The lowest BCUT2D eigenvalue weighted by Gasteiger charge is -2.37. The predicted octanol–water partition coefficient (Wildman–Crippen LogP) is 4.53. The Morgan fingerprint density at radius 3 is 2.29 bits per heavy atom. The van der Waals surface area contributed by atoms with Crippen molar-refractivity contribution >= 4 is 0 Å². The summed E-state index contributed by atoms with van der Waals surface area (Å²) in [6.07, 6.45) is 7.94. The van der Waals surface area contributed by atoms with Crippen molar-refractivity contribution in [3.63, 3.8) is 0 Å². The Kier molecular flexibility index (Phi) is 5.10. The quantitative estimate of drug-likeness (QED) is 0.757. The Bertz CT molecular complexity index is 426. The van der Waals surface area contributed by atoms with E-state index in [0.29, 0.717) is 11.8 Å². The summed E-state index contributed by atoms with van der Waals surface area (Å²) in [5.74, 6) is 1.80. The van der Waals surface area contributed by atoms with Gasteiger partial charge in [0.15, 0.2) is 6.29 Å². The molecule has 0 aromatic heterocycles. The second kappa shape index (κ2) is 7.24. The molecule has 1 aliphatic carbocycles. The van der Waals surface area contributed by atoms with Gasteiger partial charge < -0.3 is 9.47 Å². The minimum absolute atomic E-state index is 0.0304. The van der Waals surface area contributed by atoms with Gasteiger partial charge in [0.05, 0.1) is 13.2 Å². The van der Waals surface area contributed by atoms with Crippen molar-refractivity contribution in [3.05, 3.63) is 48.6 Å². The predicted molar refractivity (Wildman–Crippen MR) is 85.1 cm³/mol. The fraction of sp³-hybridized carbons (Fsp3) is 0.579. The van der Waals surface area contributed by atoms with Crippen LogP contribution in [0.15, 0.2) is 43.0 Å². The molecule has 1 saturated heterocycles. The normalized spacial score (nSPS) is 33.5. The van der Waals surface area contributed by atoms with Crippen LogP contribution in [-0.4, -0.2) is 19.5 Å². The van der Waals surface area contributed by atoms with E-state index in [4.69, 9.17) is 9.47 Å². The van der Waals surface area contributed by atoms with Gasteiger partial charge >= 0.3 is 0 Å². The van der Waals surface area contributed by atoms with Crippen LogP contribution in [0.1, 0.15) is 43.6 Å². The number of hydrogen-bond acceptors (Lipinski definition) is 2. The molecule has 0 amide bonds. The van der Waals surface area contributed by atoms with Crippen molar-refractivity contribution in [1.29, 1.82) is 0 Å².